The van der Waals surface area contributed by atoms with Crippen LogP contribution in [0.5, 0.6) is 0 Å². The highest BCUT2D eigenvalue weighted by atomic mass is 32.1. The largest absolute Gasteiger partial charge is 0.361 e. The quantitative estimate of drug-likeness (QED) is 0.489. The number of aromatic amines is 1. The molecule has 6 nitrogen and oxygen atoms in total. The van der Waals surface area contributed by atoms with Gasteiger partial charge in [-0.1, -0.05) is 0 Å². The predicted molar refractivity (Wildman–Crippen MR) is 67.8 cm³/mol. The average Bonchev–Trinajstić information content (AvgIpc) is 2.32. The van der Waals surface area contributed by atoms with Crippen molar-refractivity contribution in [3.63, 3.8) is 0 Å². The van der Waals surface area contributed by atoms with Crippen molar-refractivity contribution >= 4 is 29.2 Å². The van der Waals surface area contributed by atoms with Gasteiger partial charge in [0.25, 0.3) is 5.69 Å². The summed E-state index contributed by atoms with van der Waals surface area (Å²) < 4.78 is 0. The van der Waals surface area contributed by atoms with E-state index in [4.69, 9.17) is 5.26 Å². The fourth-order valence-corrected chi connectivity index (χ4v) is 1.93. The van der Waals surface area contributed by atoms with Crippen LogP contribution in [0.15, 0.2) is 28.0 Å². The maximum Gasteiger partial charge on any atom is 0.283 e. The number of nitro benzene ring substituents is 1. The summed E-state index contributed by atoms with van der Waals surface area (Å²) in [5.74, 6) is 0. The number of rotatable bonds is 2. The molecule has 0 radical (unpaired) electrons. The molecule has 0 aliphatic carbocycles. The number of nitro groups is 1. The Balaban J connectivity index is 2.81. The molecule has 0 bridgehead atoms. The van der Waals surface area contributed by atoms with Gasteiger partial charge in [0.05, 0.1) is 33.2 Å². The maximum absolute atomic E-state index is 12.0. The van der Waals surface area contributed by atoms with Gasteiger partial charge in [0.2, 0.25) is 0 Å². The Morgan fingerprint density at radius 1 is 1.50 bits per heavy atom. The van der Waals surface area contributed by atoms with Crippen LogP contribution in [0.25, 0.3) is 10.9 Å². The van der Waals surface area contributed by atoms with Gasteiger partial charge in [0.15, 0.2) is 5.43 Å². The van der Waals surface area contributed by atoms with Gasteiger partial charge in [0, 0.05) is 17.8 Å². The summed E-state index contributed by atoms with van der Waals surface area (Å²) >= 11 is 4.00. The number of nitrogens with zero attached hydrogens (tertiary/aromatic N) is 2. The molecule has 0 fully saturated rings. The standard InChI is InChI=1S/C11H7N3O3S/c12-2-1-6-5-13-8-4-10(18)9(14(16)17)3-7(8)11(6)15/h3-5,18H,1H2,(H,13,15). The third-order valence-corrected chi connectivity index (χ3v) is 2.88. The molecular formula is C11H7N3O3S. The van der Waals surface area contributed by atoms with E-state index in [0.29, 0.717) is 5.52 Å². The molecule has 0 aliphatic rings. The van der Waals surface area contributed by atoms with E-state index < -0.39 is 4.92 Å². The first-order chi connectivity index (χ1) is 8.54. The number of fused-ring (bicyclic) bond motifs is 1. The van der Waals surface area contributed by atoms with E-state index in [-0.39, 0.29) is 33.4 Å². The van der Waals surface area contributed by atoms with Gasteiger partial charge >= 0.3 is 0 Å². The van der Waals surface area contributed by atoms with Gasteiger partial charge in [-0.15, -0.1) is 12.6 Å². The summed E-state index contributed by atoms with van der Waals surface area (Å²) in [6, 6.07) is 4.47. The van der Waals surface area contributed by atoms with Crippen molar-refractivity contribution in [3.05, 3.63) is 44.2 Å². The maximum atomic E-state index is 12.0. The minimum Gasteiger partial charge on any atom is -0.361 e. The number of pyridine rings is 1. The highest BCUT2D eigenvalue weighted by Crippen LogP contribution is 2.26. The summed E-state index contributed by atoms with van der Waals surface area (Å²) in [6.45, 7) is 0. The smallest absolute Gasteiger partial charge is 0.283 e. The number of benzene rings is 1. The van der Waals surface area contributed by atoms with Crippen LogP contribution >= 0.6 is 12.6 Å². The van der Waals surface area contributed by atoms with E-state index in [0.717, 1.165) is 0 Å². The zero-order valence-corrected chi connectivity index (χ0v) is 9.90. The molecule has 18 heavy (non-hydrogen) atoms. The average molecular weight is 261 g/mol. The van der Waals surface area contributed by atoms with Crippen molar-refractivity contribution < 1.29 is 4.92 Å². The van der Waals surface area contributed by atoms with E-state index in [2.05, 4.69) is 17.6 Å². The summed E-state index contributed by atoms with van der Waals surface area (Å²) in [6.07, 6.45) is 1.40. The number of hydrogen-bond donors (Lipinski definition) is 2. The zero-order chi connectivity index (χ0) is 13.3. The van der Waals surface area contributed by atoms with Crippen molar-refractivity contribution in [1.82, 2.24) is 4.98 Å². The number of thiol groups is 1. The molecule has 7 heteroatoms. The van der Waals surface area contributed by atoms with E-state index in [9.17, 15) is 14.9 Å². The fraction of sp³-hybridized carbons (Fsp3) is 0.0909. The zero-order valence-electron chi connectivity index (χ0n) is 9.01. The van der Waals surface area contributed by atoms with Crippen LogP contribution in [0.4, 0.5) is 5.69 Å². The van der Waals surface area contributed by atoms with Crippen LogP contribution < -0.4 is 5.43 Å². The molecule has 1 heterocycles. The van der Waals surface area contributed by atoms with Gasteiger partial charge in [-0.3, -0.25) is 14.9 Å². The summed E-state index contributed by atoms with van der Waals surface area (Å²) in [4.78, 5) is 25.2. The second-order valence-corrected chi connectivity index (χ2v) is 4.10. The molecule has 0 saturated carbocycles. The van der Waals surface area contributed by atoms with Gasteiger partial charge < -0.3 is 4.98 Å². The van der Waals surface area contributed by atoms with Crippen LogP contribution in [-0.2, 0) is 6.42 Å². The Morgan fingerprint density at radius 2 is 2.22 bits per heavy atom. The molecule has 0 atom stereocenters. The molecule has 90 valence electrons. The molecule has 1 N–H and O–H groups in total. The first kappa shape index (κ1) is 12.1. The number of hydrogen-bond acceptors (Lipinski definition) is 5. The molecule has 0 unspecified atom stereocenters. The predicted octanol–water partition coefficient (Wildman–Crippen LogP) is 1.79. The van der Waals surface area contributed by atoms with E-state index in [1.807, 2.05) is 6.07 Å². The number of nitriles is 1. The van der Waals surface area contributed by atoms with E-state index in [1.165, 1.54) is 18.3 Å². The fourth-order valence-electron chi connectivity index (χ4n) is 1.65. The van der Waals surface area contributed by atoms with Gasteiger partial charge in [0.1, 0.15) is 0 Å². The Morgan fingerprint density at radius 3 is 2.83 bits per heavy atom. The lowest BCUT2D eigenvalue weighted by Gasteiger charge is -2.02. The second kappa shape index (κ2) is 4.50. The molecule has 2 aromatic rings. The van der Waals surface area contributed by atoms with Crippen LogP contribution in [0.1, 0.15) is 5.56 Å². The highest BCUT2D eigenvalue weighted by Gasteiger charge is 2.15. The molecule has 2 rings (SSSR count). The number of aromatic nitrogens is 1. The first-order valence-electron chi connectivity index (χ1n) is 4.93. The topological polar surface area (TPSA) is 99.8 Å². The number of nitrogens with one attached hydrogen (secondary N) is 1. The Hall–Kier alpha value is -2.33. The molecule has 0 saturated heterocycles. The third-order valence-electron chi connectivity index (χ3n) is 2.52. The highest BCUT2D eigenvalue weighted by molar-refractivity contribution is 7.80. The minimum absolute atomic E-state index is 0.0400. The molecule has 1 aromatic carbocycles. The normalized spacial score (nSPS) is 10.2. The van der Waals surface area contributed by atoms with Gasteiger partial charge in [-0.2, -0.15) is 5.26 Å². The van der Waals surface area contributed by atoms with Crippen molar-refractivity contribution in [2.24, 2.45) is 0 Å². The van der Waals surface area contributed by atoms with Gasteiger partial charge in [-0.05, 0) is 6.07 Å². The third kappa shape index (κ3) is 1.94. The monoisotopic (exact) mass is 261 g/mol. The van der Waals surface area contributed by atoms with Crippen LogP contribution in [0, 0.1) is 21.4 Å². The molecule has 1 aromatic heterocycles. The summed E-state index contributed by atoms with van der Waals surface area (Å²) in [5.41, 5.74) is 0.135. The van der Waals surface area contributed by atoms with Crippen molar-refractivity contribution in [2.75, 3.05) is 0 Å². The lowest BCUT2D eigenvalue weighted by atomic mass is 10.1. The molecule has 0 aliphatic heterocycles. The minimum atomic E-state index is -0.599. The Kier molecular flexibility index (Phi) is 3.04. The lowest BCUT2D eigenvalue weighted by molar-refractivity contribution is -0.387. The van der Waals surface area contributed by atoms with Crippen molar-refractivity contribution in [3.8, 4) is 6.07 Å². The second-order valence-electron chi connectivity index (χ2n) is 3.62. The molecule has 0 spiro atoms. The van der Waals surface area contributed by atoms with Crippen LogP contribution in [-0.4, -0.2) is 9.91 Å². The summed E-state index contributed by atoms with van der Waals surface area (Å²) in [5, 5.41) is 19.5. The van der Waals surface area contributed by atoms with Crippen LogP contribution in [0.3, 0.4) is 0 Å². The summed E-state index contributed by atoms with van der Waals surface area (Å²) in [7, 11) is 0. The van der Waals surface area contributed by atoms with Crippen molar-refractivity contribution in [1.29, 1.82) is 5.26 Å². The van der Waals surface area contributed by atoms with Gasteiger partial charge in [-0.25, -0.2) is 0 Å². The lowest BCUT2D eigenvalue weighted by Crippen LogP contribution is -2.10. The number of H-pyrrole nitrogens is 1. The van der Waals surface area contributed by atoms with Crippen LogP contribution in [0.2, 0.25) is 0 Å². The van der Waals surface area contributed by atoms with E-state index in [1.54, 1.807) is 0 Å². The van der Waals surface area contributed by atoms with Crippen molar-refractivity contribution in [2.45, 2.75) is 11.3 Å². The SMILES string of the molecule is N#CCc1c[nH]c2cc(S)c([N+](=O)[O-])cc2c1=O. The molecule has 0 amide bonds. The molecular weight excluding hydrogens is 254 g/mol. The first-order valence-corrected chi connectivity index (χ1v) is 5.38. The van der Waals surface area contributed by atoms with E-state index >= 15 is 0 Å². The Labute approximate surface area is 106 Å². The Bertz CT molecular complexity index is 746.